The van der Waals surface area contributed by atoms with Gasteiger partial charge in [0.05, 0.1) is 11.4 Å². The molecule has 0 unspecified atom stereocenters. The van der Waals surface area contributed by atoms with E-state index in [1.165, 1.54) is 10.9 Å². The van der Waals surface area contributed by atoms with Crippen molar-refractivity contribution in [2.75, 3.05) is 13.2 Å². The third kappa shape index (κ3) is 4.37. The first-order chi connectivity index (χ1) is 15.3. The van der Waals surface area contributed by atoms with Crippen LogP contribution >= 0.6 is 11.3 Å². The molecule has 32 heavy (non-hydrogen) atoms. The van der Waals surface area contributed by atoms with Gasteiger partial charge in [-0.15, -0.1) is 11.3 Å². The number of nitrogens with one attached hydrogen (secondary N) is 1. The summed E-state index contributed by atoms with van der Waals surface area (Å²) in [5.74, 6) is -0.939. The average Bonchev–Trinajstić information content (AvgIpc) is 3.45. The summed E-state index contributed by atoms with van der Waals surface area (Å²) in [4.78, 5) is 30.1. The fourth-order valence-corrected chi connectivity index (χ4v) is 5.49. The van der Waals surface area contributed by atoms with E-state index in [2.05, 4.69) is 14.3 Å². The maximum Gasteiger partial charge on any atom is 0.328 e. The van der Waals surface area contributed by atoms with Crippen LogP contribution in [0.25, 0.3) is 0 Å². The summed E-state index contributed by atoms with van der Waals surface area (Å²) in [6.07, 6.45) is 0. The van der Waals surface area contributed by atoms with Crippen molar-refractivity contribution in [1.29, 1.82) is 0 Å². The van der Waals surface area contributed by atoms with Crippen LogP contribution in [0.5, 0.6) is 0 Å². The summed E-state index contributed by atoms with van der Waals surface area (Å²) in [7, 11) is -3.68. The molecule has 166 valence electrons. The van der Waals surface area contributed by atoms with Gasteiger partial charge >= 0.3 is 5.97 Å². The second kappa shape index (κ2) is 8.71. The lowest BCUT2D eigenvalue weighted by Crippen LogP contribution is -2.24. The van der Waals surface area contributed by atoms with E-state index in [9.17, 15) is 18.0 Å². The van der Waals surface area contributed by atoms with Gasteiger partial charge in [-0.25, -0.2) is 8.42 Å². The number of esters is 1. The highest BCUT2D eigenvalue weighted by molar-refractivity contribution is 7.90. The highest BCUT2D eigenvalue weighted by Crippen LogP contribution is 2.22. The summed E-state index contributed by atoms with van der Waals surface area (Å²) >= 11 is 1.65. The van der Waals surface area contributed by atoms with E-state index in [-0.39, 0.29) is 16.5 Å². The maximum atomic E-state index is 12.6. The minimum absolute atomic E-state index is 0.0843. The highest BCUT2D eigenvalue weighted by Gasteiger charge is 2.30. The molecule has 8 nitrogen and oxygen atoms in total. The van der Waals surface area contributed by atoms with Crippen LogP contribution in [0.1, 0.15) is 32.2 Å². The SMILES string of the molecule is Cc1cc(C(=O)COC(=O)CN=C2NS(=O)(=O)c3ccccc32)c(C)n1Cc1cccs1. The number of ketones is 1. The van der Waals surface area contributed by atoms with Crippen LogP contribution in [0.15, 0.2) is 57.7 Å². The van der Waals surface area contributed by atoms with Gasteiger partial charge in [0.15, 0.2) is 6.61 Å². The Morgan fingerprint density at radius 1 is 1.16 bits per heavy atom. The van der Waals surface area contributed by atoms with Crippen molar-refractivity contribution in [2.24, 2.45) is 4.99 Å². The summed E-state index contributed by atoms with van der Waals surface area (Å²) in [6.45, 7) is 3.66. The first kappa shape index (κ1) is 22.0. The van der Waals surface area contributed by atoms with E-state index in [0.717, 1.165) is 11.4 Å². The minimum atomic E-state index is -3.68. The van der Waals surface area contributed by atoms with E-state index in [1.54, 1.807) is 35.6 Å². The predicted octanol–water partition coefficient (Wildman–Crippen LogP) is 2.68. The first-order valence-electron chi connectivity index (χ1n) is 9.81. The number of sulfonamides is 1. The monoisotopic (exact) mass is 471 g/mol. The normalized spacial score (nSPS) is 15.4. The fraction of sp³-hybridized carbons (Fsp3) is 0.227. The number of thiophene rings is 1. The zero-order valence-corrected chi connectivity index (χ0v) is 19.1. The topological polar surface area (TPSA) is 107 Å². The van der Waals surface area contributed by atoms with Gasteiger partial charge in [0.25, 0.3) is 10.0 Å². The van der Waals surface area contributed by atoms with Crippen molar-refractivity contribution in [1.82, 2.24) is 9.29 Å². The Morgan fingerprint density at radius 2 is 1.94 bits per heavy atom. The maximum absolute atomic E-state index is 12.6. The fourth-order valence-electron chi connectivity index (χ4n) is 3.55. The van der Waals surface area contributed by atoms with E-state index >= 15 is 0 Å². The molecule has 1 aromatic carbocycles. The van der Waals surface area contributed by atoms with Gasteiger partial charge in [-0.1, -0.05) is 18.2 Å². The minimum Gasteiger partial charge on any atom is -0.456 e. The number of aromatic nitrogens is 1. The van der Waals surface area contributed by atoms with Crippen molar-refractivity contribution < 1.29 is 22.7 Å². The molecule has 1 N–H and O–H groups in total. The van der Waals surface area contributed by atoms with Crippen molar-refractivity contribution in [2.45, 2.75) is 25.3 Å². The zero-order valence-electron chi connectivity index (χ0n) is 17.5. The van der Waals surface area contributed by atoms with E-state index in [0.29, 0.717) is 17.7 Å². The molecule has 0 amide bonds. The van der Waals surface area contributed by atoms with E-state index in [4.69, 9.17) is 4.74 Å². The molecule has 4 rings (SSSR count). The Bertz CT molecular complexity index is 1320. The highest BCUT2D eigenvalue weighted by atomic mass is 32.2. The number of amidine groups is 1. The number of nitrogens with zero attached hydrogens (tertiary/aromatic N) is 2. The first-order valence-corrected chi connectivity index (χ1v) is 12.2. The summed E-state index contributed by atoms with van der Waals surface area (Å²) in [5, 5.41) is 2.01. The Hall–Kier alpha value is -3.24. The van der Waals surface area contributed by atoms with Gasteiger partial charge < -0.3 is 9.30 Å². The number of benzene rings is 1. The lowest BCUT2D eigenvalue weighted by atomic mass is 10.1. The molecule has 0 spiro atoms. The Morgan fingerprint density at radius 3 is 2.69 bits per heavy atom. The molecule has 1 aliphatic rings. The Balaban J connectivity index is 1.38. The Labute approximate surface area is 189 Å². The van der Waals surface area contributed by atoms with Gasteiger partial charge in [-0.2, -0.15) is 0 Å². The molecule has 0 bridgehead atoms. The van der Waals surface area contributed by atoms with Crippen molar-refractivity contribution in [3.63, 3.8) is 0 Å². The number of carbonyl (C=O) groups excluding carboxylic acids is 2. The predicted molar refractivity (Wildman–Crippen MR) is 121 cm³/mol. The van der Waals surface area contributed by atoms with Gasteiger partial charge in [0, 0.05) is 27.4 Å². The summed E-state index contributed by atoms with van der Waals surface area (Å²) in [5.41, 5.74) is 2.67. The van der Waals surface area contributed by atoms with E-state index < -0.39 is 29.1 Å². The van der Waals surface area contributed by atoms with Crippen LogP contribution in [0.3, 0.4) is 0 Å². The van der Waals surface area contributed by atoms with Gasteiger partial charge in [-0.05, 0) is 43.5 Å². The third-order valence-electron chi connectivity index (χ3n) is 5.16. The number of ether oxygens (including phenoxy) is 1. The van der Waals surface area contributed by atoms with E-state index in [1.807, 2.05) is 31.4 Å². The second-order valence-corrected chi connectivity index (χ2v) is 9.98. The number of carbonyl (C=O) groups is 2. The number of Topliss-reactive ketones (excluding diaryl/α,β-unsaturated/α-hetero) is 1. The average molecular weight is 472 g/mol. The van der Waals surface area contributed by atoms with Crippen LogP contribution in [0.2, 0.25) is 0 Å². The van der Waals surface area contributed by atoms with Crippen LogP contribution in [0, 0.1) is 13.8 Å². The number of rotatable bonds is 7. The largest absolute Gasteiger partial charge is 0.456 e. The number of hydrogen-bond acceptors (Lipinski definition) is 7. The van der Waals surface area contributed by atoms with Gasteiger partial charge in [0.2, 0.25) is 5.78 Å². The zero-order chi connectivity index (χ0) is 22.9. The summed E-state index contributed by atoms with van der Waals surface area (Å²) < 4.78 is 33.6. The molecular weight excluding hydrogens is 450 g/mol. The quantitative estimate of drug-likeness (QED) is 0.421. The third-order valence-corrected chi connectivity index (χ3v) is 7.42. The van der Waals surface area contributed by atoms with Crippen LogP contribution < -0.4 is 4.72 Å². The van der Waals surface area contributed by atoms with Crippen LogP contribution in [0.4, 0.5) is 0 Å². The van der Waals surface area contributed by atoms with Crippen molar-refractivity contribution in [3.05, 3.63) is 75.2 Å². The molecule has 3 aromatic rings. The molecule has 0 aliphatic carbocycles. The molecular formula is C22H21N3O5S2. The lowest BCUT2D eigenvalue weighted by molar-refractivity contribution is -0.140. The number of aliphatic imine (C=N–C) groups is 1. The lowest BCUT2D eigenvalue weighted by Gasteiger charge is -2.08. The van der Waals surface area contributed by atoms with Crippen molar-refractivity contribution in [3.8, 4) is 0 Å². The second-order valence-electron chi connectivity index (χ2n) is 7.30. The summed E-state index contributed by atoms with van der Waals surface area (Å²) in [6, 6.07) is 12.2. The van der Waals surface area contributed by atoms with Crippen LogP contribution in [-0.2, 0) is 26.1 Å². The number of aryl methyl sites for hydroxylation is 1. The standard InChI is InChI=1S/C22H21N3O5S2/c1-14-10-18(15(2)25(14)12-16-6-5-9-31-16)19(26)13-30-21(27)11-23-22-17-7-3-4-8-20(17)32(28,29)24-22/h3-10H,11-13H2,1-2H3,(H,23,24). The molecule has 0 saturated carbocycles. The molecule has 10 heteroatoms. The molecule has 0 atom stereocenters. The van der Waals surface area contributed by atoms with Gasteiger partial charge in [0.1, 0.15) is 12.4 Å². The van der Waals surface area contributed by atoms with Gasteiger partial charge in [-0.3, -0.25) is 19.3 Å². The molecule has 0 saturated heterocycles. The molecule has 0 radical (unpaired) electrons. The number of fused-ring (bicyclic) bond motifs is 1. The Kier molecular flexibility index (Phi) is 5.98. The smallest absolute Gasteiger partial charge is 0.328 e. The van der Waals surface area contributed by atoms with Crippen molar-refractivity contribution >= 4 is 38.9 Å². The molecule has 0 fully saturated rings. The van der Waals surface area contributed by atoms with Crippen LogP contribution in [-0.4, -0.2) is 43.7 Å². The molecule has 1 aliphatic heterocycles. The molecule has 2 aromatic heterocycles. The number of hydrogen-bond donors (Lipinski definition) is 1. The molecule has 3 heterocycles.